The Balaban J connectivity index is 0. The van der Waals surface area contributed by atoms with E-state index >= 15 is 0 Å². The lowest BCUT2D eigenvalue weighted by Crippen LogP contribution is -2.27. The van der Waals surface area contributed by atoms with Crippen LogP contribution in [-0.2, 0) is 0 Å². The fourth-order valence-corrected chi connectivity index (χ4v) is 1.48. The first-order chi connectivity index (χ1) is 7.35. The molecular formula is C14H32N. The zero-order chi connectivity index (χ0) is 11.9. The van der Waals surface area contributed by atoms with Crippen molar-refractivity contribution < 1.29 is 0 Å². The Morgan fingerprint density at radius 1 is 0.667 bits per heavy atom. The average Bonchev–Trinajstić information content (AvgIpc) is 2.31. The summed E-state index contributed by atoms with van der Waals surface area (Å²) in [5, 5.41) is 0. The third-order valence-corrected chi connectivity index (χ3v) is 2.48. The first-order valence-electron chi connectivity index (χ1n) is 6.78. The van der Waals surface area contributed by atoms with E-state index in [9.17, 15) is 0 Å². The standard InChI is InChI=1S/C12H27N.C2H5/c1-4-7-10-13(11-8-5-2)12-9-6-3;1-2/h4-12H2,1-3H3;1H2,2H3. The monoisotopic (exact) mass is 214 g/mol. The van der Waals surface area contributed by atoms with Crippen LogP contribution in [0.5, 0.6) is 0 Å². The predicted molar refractivity (Wildman–Crippen MR) is 72.2 cm³/mol. The molecule has 15 heavy (non-hydrogen) atoms. The Labute approximate surface area is 98.2 Å². The number of rotatable bonds is 9. The highest BCUT2D eigenvalue weighted by Gasteiger charge is 2.01. The van der Waals surface area contributed by atoms with Gasteiger partial charge in [0.1, 0.15) is 0 Å². The van der Waals surface area contributed by atoms with E-state index in [0.29, 0.717) is 0 Å². The normalized spacial score (nSPS) is 10.0. The maximum atomic E-state index is 3.25. The Morgan fingerprint density at radius 2 is 0.933 bits per heavy atom. The van der Waals surface area contributed by atoms with Crippen molar-refractivity contribution in [2.75, 3.05) is 19.6 Å². The second kappa shape index (κ2) is 16.4. The zero-order valence-electron chi connectivity index (χ0n) is 11.5. The van der Waals surface area contributed by atoms with Crippen LogP contribution in [0.15, 0.2) is 0 Å². The first kappa shape index (κ1) is 17.4. The van der Waals surface area contributed by atoms with Gasteiger partial charge >= 0.3 is 0 Å². The van der Waals surface area contributed by atoms with Gasteiger partial charge in [-0.05, 0) is 38.9 Å². The number of hydrogen-bond acceptors (Lipinski definition) is 1. The summed E-state index contributed by atoms with van der Waals surface area (Å²) in [6.45, 7) is 15.8. The molecule has 0 aliphatic carbocycles. The van der Waals surface area contributed by atoms with Crippen LogP contribution in [-0.4, -0.2) is 24.5 Å². The summed E-state index contributed by atoms with van der Waals surface area (Å²) in [6, 6.07) is 0. The molecular weight excluding hydrogens is 182 g/mol. The van der Waals surface area contributed by atoms with Gasteiger partial charge in [-0.25, -0.2) is 0 Å². The van der Waals surface area contributed by atoms with Crippen molar-refractivity contribution in [1.29, 1.82) is 0 Å². The van der Waals surface area contributed by atoms with Gasteiger partial charge in [-0.2, -0.15) is 0 Å². The van der Waals surface area contributed by atoms with Gasteiger partial charge in [-0.1, -0.05) is 53.9 Å². The summed E-state index contributed by atoms with van der Waals surface area (Å²) in [7, 11) is 0. The first-order valence-corrected chi connectivity index (χ1v) is 6.78. The summed E-state index contributed by atoms with van der Waals surface area (Å²) in [4.78, 5) is 2.64. The molecule has 0 atom stereocenters. The molecule has 1 nitrogen and oxygen atoms in total. The minimum absolute atomic E-state index is 1.32. The van der Waals surface area contributed by atoms with E-state index in [1.165, 1.54) is 58.2 Å². The summed E-state index contributed by atoms with van der Waals surface area (Å²) in [5.41, 5.74) is 0. The Bertz CT molecular complexity index is 72.3. The number of nitrogens with zero attached hydrogens (tertiary/aromatic N) is 1. The molecule has 0 heterocycles. The quantitative estimate of drug-likeness (QED) is 0.545. The van der Waals surface area contributed by atoms with Gasteiger partial charge in [0.15, 0.2) is 0 Å². The van der Waals surface area contributed by atoms with Crippen molar-refractivity contribution in [3.63, 3.8) is 0 Å². The maximum absolute atomic E-state index is 3.25. The molecule has 93 valence electrons. The van der Waals surface area contributed by atoms with E-state index in [4.69, 9.17) is 0 Å². The lowest BCUT2D eigenvalue weighted by Gasteiger charge is -2.21. The molecule has 0 aromatic carbocycles. The Morgan fingerprint density at radius 3 is 1.13 bits per heavy atom. The molecule has 0 unspecified atom stereocenters. The van der Waals surface area contributed by atoms with E-state index in [-0.39, 0.29) is 0 Å². The highest BCUT2D eigenvalue weighted by molar-refractivity contribution is 4.57. The Kier molecular flexibility index (Phi) is 19.0. The van der Waals surface area contributed by atoms with Gasteiger partial charge in [0, 0.05) is 0 Å². The lowest BCUT2D eigenvalue weighted by molar-refractivity contribution is 0.261. The third kappa shape index (κ3) is 14.0. The molecule has 0 rings (SSSR count). The minimum Gasteiger partial charge on any atom is -0.303 e. The fourth-order valence-electron chi connectivity index (χ4n) is 1.48. The van der Waals surface area contributed by atoms with Gasteiger partial charge in [-0.15, -0.1) is 0 Å². The number of hydrogen-bond donors (Lipinski definition) is 0. The molecule has 0 saturated carbocycles. The Hall–Kier alpha value is -0.0400. The van der Waals surface area contributed by atoms with Gasteiger partial charge < -0.3 is 4.90 Å². The van der Waals surface area contributed by atoms with Crippen LogP contribution in [0.3, 0.4) is 0 Å². The smallest absolute Gasteiger partial charge is 0.00188 e. The van der Waals surface area contributed by atoms with Gasteiger partial charge in [0.25, 0.3) is 0 Å². The molecule has 0 aromatic rings. The van der Waals surface area contributed by atoms with E-state index in [0.717, 1.165) is 0 Å². The van der Waals surface area contributed by atoms with Crippen LogP contribution in [0.1, 0.15) is 66.2 Å². The topological polar surface area (TPSA) is 3.24 Å². The van der Waals surface area contributed by atoms with Crippen LogP contribution in [0.25, 0.3) is 0 Å². The minimum atomic E-state index is 1.32. The fraction of sp³-hybridized carbons (Fsp3) is 0.929. The lowest BCUT2D eigenvalue weighted by atomic mass is 10.2. The number of unbranched alkanes of at least 4 members (excludes halogenated alkanes) is 3. The summed E-state index contributed by atoms with van der Waals surface area (Å²) in [5.74, 6) is 0. The predicted octanol–water partition coefficient (Wildman–Crippen LogP) is 4.53. The molecule has 1 radical (unpaired) electrons. The van der Waals surface area contributed by atoms with Crippen molar-refractivity contribution in [3.8, 4) is 0 Å². The average molecular weight is 214 g/mol. The highest BCUT2D eigenvalue weighted by Crippen LogP contribution is 2.01. The van der Waals surface area contributed by atoms with E-state index in [1.807, 2.05) is 0 Å². The molecule has 0 bridgehead atoms. The van der Waals surface area contributed by atoms with E-state index in [1.54, 1.807) is 6.92 Å². The van der Waals surface area contributed by atoms with Crippen LogP contribution in [0, 0.1) is 6.92 Å². The van der Waals surface area contributed by atoms with Crippen molar-refractivity contribution in [2.24, 2.45) is 0 Å². The summed E-state index contributed by atoms with van der Waals surface area (Å²) < 4.78 is 0. The maximum Gasteiger partial charge on any atom is -0.00188 e. The van der Waals surface area contributed by atoms with Crippen LogP contribution >= 0.6 is 0 Å². The molecule has 0 amide bonds. The molecule has 1 heteroatoms. The van der Waals surface area contributed by atoms with Crippen molar-refractivity contribution in [3.05, 3.63) is 6.92 Å². The molecule has 0 saturated heterocycles. The van der Waals surface area contributed by atoms with Gasteiger partial charge in [0.2, 0.25) is 0 Å². The molecule has 0 aliphatic rings. The highest BCUT2D eigenvalue weighted by atomic mass is 15.1. The third-order valence-electron chi connectivity index (χ3n) is 2.48. The van der Waals surface area contributed by atoms with Gasteiger partial charge in [0.05, 0.1) is 0 Å². The van der Waals surface area contributed by atoms with E-state index < -0.39 is 0 Å². The molecule has 0 N–H and O–H groups in total. The summed E-state index contributed by atoms with van der Waals surface area (Å²) >= 11 is 0. The SMILES string of the molecule is CCCCN(CCCC)CCCC.[CH2]C. The van der Waals surface area contributed by atoms with Crippen molar-refractivity contribution in [1.82, 2.24) is 4.90 Å². The molecule has 0 fully saturated rings. The van der Waals surface area contributed by atoms with Crippen LogP contribution in [0.4, 0.5) is 0 Å². The zero-order valence-corrected chi connectivity index (χ0v) is 11.5. The largest absolute Gasteiger partial charge is 0.303 e. The molecule has 0 aromatic heterocycles. The second-order valence-electron chi connectivity index (χ2n) is 3.90. The van der Waals surface area contributed by atoms with Crippen LogP contribution < -0.4 is 0 Å². The van der Waals surface area contributed by atoms with Crippen molar-refractivity contribution >= 4 is 0 Å². The molecule has 0 spiro atoms. The van der Waals surface area contributed by atoms with Crippen LogP contribution in [0.2, 0.25) is 0 Å². The second-order valence-corrected chi connectivity index (χ2v) is 3.90. The van der Waals surface area contributed by atoms with Crippen molar-refractivity contribution in [2.45, 2.75) is 66.2 Å². The van der Waals surface area contributed by atoms with E-state index in [2.05, 4.69) is 32.6 Å². The molecule has 0 aliphatic heterocycles. The van der Waals surface area contributed by atoms with Gasteiger partial charge in [-0.3, -0.25) is 0 Å². The summed E-state index contributed by atoms with van der Waals surface area (Å²) in [6.07, 6.45) is 8.09.